The molecule has 1 fully saturated rings. The molecule has 26 heavy (non-hydrogen) atoms. The molecule has 2 aromatic rings. The third kappa shape index (κ3) is 4.43. The summed E-state index contributed by atoms with van der Waals surface area (Å²) in [5, 5.41) is 10.7. The third-order valence-corrected chi connectivity index (χ3v) is 4.62. The monoisotopic (exact) mass is 354 g/mol. The molecule has 2 N–H and O–H groups in total. The van der Waals surface area contributed by atoms with Crippen molar-refractivity contribution in [2.24, 2.45) is 5.73 Å². The zero-order valence-corrected chi connectivity index (χ0v) is 14.5. The van der Waals surface area contributed by atoms with Gasteiger partial charge in [-0.05, 0) is 36.5 Å². The molecular formula is C19H22N4O3. The number of pyridine rings is 1. The number of rotatable bonds is 6. The molecule has 1 atom stereocenters. The fourth-order valence-corrected chi connectivity index (χ4v) is 3.14. The number of hydrogen-bond acceptors (Lipinski definition) is 5. The molecule has 3 rings (SSSR count). The van der Waals surface area contributed by atoms with Crippen LogP contribution in [0.2, 0.25) is 0 Å². The summed E-state index contributed by atoms with van der Waals surface area (Å²) in [6, 6.07) is 10.5. The number of aromatic nitrogens is 1. The van der Waals surface area contributed by atoms with E-state index in [0.717, 1.165) is 42.8 Å². The number of carbonyl (C=O) groups is 1. The van der Waals surface area contributed by atoms with Crippen molar-refractivity contribution in [2.45, 2.75) is 31.7 Å². The maximum absolute atomic E-state index is 12.3. The summed E-state index contributed by atoms with van der Waals surface area (Å²) in [7, 11) is 0. The summed E-state index contributed by atoms with van der Waals surface area (Å²) in [6.07, 6.45) is 4.50. The van der Waals surface area contributed by atoms with Gasteiger partial charge in [-0.3, -0.25) is 19.9 Å². The highest BCUT2D eigenvalue weighted by Gasteiger charge is 2.23. The predicted molar refractivity (Wildman–Crippen MR) is 97.6 cm³/mol. The Morgan fingerprint density at radius 1 is 1.15 bits per heavy atom. The van der Waals surface area contributed by atoms with E-state index in [4.69, 9.17) is 5.73 Å². The van der Waals surface area contributed by atoms with E-state index in [9.17, 15) is 14.9 Å². The van der Waals surface area contributed by atoms with E-state index in [-0.39, 0.29) is 11.6 Å². The van der Waals surface area contributed by atoms with Gasteiger partial charge in [0.2, 0.25) is 5.91 Å². The molecular weight excluding hydrogens is 332 g/mol. The van der Waals surface area contributed by atoms with Crippen LogP contribution in [0.4, 0.5) is 5.69 Å². The second-order valence-corrected chi connectivity index (χ2v) is 6.60. The van der Waals surface area contributed by atoms with Crippen LogP contribution in [0.15, 0.2) is 42.6 Å². The van der Waals surface area contributed by atoms with Gasteiger partial charge in [0.25, 0.3) is 5.69 Å². The summed E-state index contributed by atoms with van der Waals surface area (Å²) in [6.45, 7) is 1.63. The molecule has 0 bridgehead atoms. The SMILES string of the molecule is NC(Cc1ccc(Cc2ccc([N+](=O)[O-])cn2)cc1)C(=O)N1CCCC1. The molecule has 1 unspecified atom stereocenters. The van der Waals surface area contributed by atoms with Crippen LogP contribution in [-0.4, -0.2) is 39.8 Å². The molecule has 1 aromatic heterocycles. The lowest BCUT2D eigenvalue weighted by Crippen LogP contribution is -2.43. The van der Waals surface area contributed by atoms with Gasteiger partial charge >= 0.3 is 0 Å². The molecule has 1 aliphatic rings. The first-order valence-electron chi connectivity index (χ1n) is 8.74. The van der Waals surface area contributed by atoms with Gasteiger partial charge in [0.1, 0.15) is 6.20 Å². The van der Waals surface area contributed by atoms with Crippen LogP contribution < -0.4 is 5.73 Å². The van der Waals surface area contributed by atoms with E-state index in [1.54, 1.807) is 6.07 Å². The van der Waals surface area contributed by atoms with Crippen LogP contribution in [0.5, 0.6) is 0 Å². The summed E-state index contributed by atoms with van der Waals surface area (Å²) in [5.41, 5.74) is 8.90. The van der Waals surface area contributed by atoms with E-state index in [0.29, 0.717) is 12.8 Å². The van der Waals surface area contributed by atoms with Crippen molar-refractivity contribution in [2.75, 3.05) is 13.1 Å². The molecule has 136 valence electrons. The Labute approximate surface area is 152 Å². The van der Waals surface area contributed by atoms with Crippen LogP contribution in [0.1, 0.15) is 29.7 Å². The van der Waals surface area contributed by atoms with Gasteiger partial charge in [0.05, 0.1) is 11.0 Å². The van der Waals surface area contributed by atoms with Gasteiger partial charge < -0.3 is 10.6 Å². The zero-order chi connectivity index (χ0) is 18.5. The second-order valence-electron chi connectivity index (χ2n) is 6.60. The maximum Gasteiger partial charge on any atom is 0.287 e. The number of carbonyl (C=O) groups excluding carboxylic acids is 1. The summed E-state index contributed by atoms with van der Waals surface area (Å²) >= 11 is 0. The Bertz CT molecular complexity index is 768. The fraction of sp³-hybridized carbons (Fsp3) is 0.368. The van der Waals surface area contributed by atoms with Gasteiger partial charge in [0, 0.05) is 31.3 Å². The summed E-state index contributed by atoms with van der Waals surface area (Å²) in [4.78, 5) is 28.4. The van der Waals surface area contributed by atoms with Crippen LogP contribution in [0.3, 0.4) is 0 Å². The summed E-state index contributed by atoms with van der Waals surface area (Å²) < 4.78 is 0. The average Bonchev–Trinajstić information content (AvgIpc) is 3.18. The Morgan fingerprint density at radius 3 is 2.38 bits per heavy atom. The minimum absolute atomic E-state index is 0.0132. The Hall–Kier alpha value is -2.80. The summed E-state index contributed by atoms with van der Waals surface area (Å²) in [5.74, 6) is 0.0293. The number of amides is 1. The number of nitrogens with two attached hydrogens (primary N) is 1. The molecule has 1 amide bonds. The molecule has 0 aliphatic carbocycles. The topological polar surface area (TPSA) is 102 Å². The molecule has 1 aromatic carbocycles. The number of likely N-dealkylation sites (tertiary alicyclic amines) is 1. The zero-order valence-electron chi connectivity index (χ0n) is 14.5. The van der Waals surface area contributed by atoms with E-state index in [1.807, 2.05) is 29.2 Å². The van der Waals surface area contributed by atoms with Gasteiger partial charge in [-0.15, -0.1) is 0 Å². The highest BCUT2D eigenvalue weighted by molar-refractivity contribution is 5.82. The molecule has 2 heterocycles. The van der Waals surface area contributed by atoms with Gasteiger partial charge in [-0.1, -0.05) is 24.3 Å². The predicted octanol–water partition coefficient (Wildman–Crippen LogP) is 2.07. The molecule has 0 radical (unpaired) electrons. The van der Waals surface area contributed by atoms with Crippen LogP contribution in [0, 0.1) is 10.1 Å². The van der Waals surface area contributed by atoms with E-state index >= 15 is 0 Å². The lowest BCUT2D eigenvalue weighted by Gasteiger charge is -2.20. The Kier molecular flexibility index (Phi) is 5.58. The van der Waals surface area contributed by atoms with Crippen LogP contribution in [0.25, 0.3) is 0 Å². The third-order valence-electron chi connectivity index (χ3n) is 4.62. The molecule has 1 aliphatic heterocycles. The number of hydrogen-bond donors (Lipinski definition) is 1. The number of nitrogens with zero attached hydrogens (tertiary/aromatic N) is 3. The normalized spacial score (nSPS) is 15.0. The average molecular weight is 354 g/mol. The molecule has 1 saturated heterocycles. The standard InChI is InChI=1S/C19H22N4O3/c20-18(19(24)22-9-1-2-10-22)12-15-5-3-14(4-6-15)11-16-7-8-17(13-21-16)23(25)26/h3-8,13,18H,1-2,9-12,20H2. The van der Waals surface area contributed by atoms with Crippen molar-refractivity contribution in [1.29, 1.82) is 0 Å². The van der Waals surface area contributed by atoms with E-state index in [2.05, 4.69) is 4.98 Å². The minimum atomic E-state index is -0.504. The first kappa shape index (κ1) is 18.0. The van der Waals surface area contributed by atoms with Crippen molar-refractivity contribution >= 4 is 11.6 Å². The van der Waals surface area contributed by atoms with Crippen molar-refractivity contribution in [3.05, 3.63) is 69.5 Å². The number of nitro groups is 1. The maximum atomic E-state index is 12.3. The first-order valence-corrected chi connectivity index (χ1v) is 8.74. The van der Waals surface area contributed by atoms with E-state index < -0.39 is 11.0 Å². The Morgan fingerprint density at radius 2 is 1.81 bits per heavy atom. The highest BCUT2D eigenvalue weighted by Crippen LogP contribution is 2.15. The lowest BCUT2D eigenvalue weighted by atomic mass is 10.0. The first-order chi connectivity index (χ1) is 12.5. The van der Waals surface area contributed by atoms with Crippen LogP contribution >= 0.6 is 0 Å². The van der Waals surface area contributed by atoms with E-state index in [1.165, 1.54) is 12.3 Å². The molecule has 7 heteroatoms. The van der Waals surface area contributed by atoms with Gasteiger partial charge in [-0.25, -0.2) is 0 Å². The quantitative estimate of drug-likeness (QED) is 0.632. The largest absolute Gasteiger partial charge is 0.341 e. The molecule has 0 saturated carbocycles. The minimum Gasteiger partial charge on any atom is -0.341 e. The smallest absolute Gasteiger partial charge is 0.287 e. The molecule has 7 nitrogen and oxygen atoms in total. The van der Waals surface area contributed by atoms with Crippen LogP contribution in [-0.2, 0) is 17.6 Å². The molecule has 0 spiro atoms. The fourth-order valence-electron chi connectivity index (χ4n) is 3.14. The Balaban J connectivity index is 1.57. The lowest BCUT2D eigenvalue weighted by molar-refractivity contribution is -0.385. The second kappa shape index (κ2) is 8.05. The van der Waals surface area contributed by atoms with Crippen molar-refractivity contribution in [1.82, 2.24) is 9.88 Å². The van der Waals surface area contributed by atoms with Gasteiger partial charge in [0.15, 0.2) is 0 Å². The van der Waals surface area contributed by atoms with Crippen molar-refractivity contribution < 1.29 is 9.72 Å². The van der Waals surface area contributed by atoms with Gasteiger partial charge in [-0.2, -0.15) is 0 Å². The van der Waals surface area contributed by atoms with Crippen molar-refractivity contribution in [3.8, 4) is 0 Å². The van der Waals surface area contributed by atoms with Crippen molar-refractivity contribution in [3.63, 3.8) is 0 Å². The highest BCUT2D eigenvalue weighted by atomic mass is 16.6. The number of benzene rings is 1.